The lowest BCUT2D eigenvalue weighted by atomic mass is 9.89. The van der Waals surface area contributed by atoms with E-state index in [0.29, 0.717) is 23.8 Å². The predicted molar refractivity (Wildman–Crippen MR) is 147 cm³/mol. The minimum absolute atomic E-state index is 0.0703. The van der Waals surface area contributed by atoms with Crippen LogP contribution in [0.25, 0.3) is 5.69 Å². The van der Waals surface area contributed by atoms with Crippen LogP contribution < -0.4 is 15.6 Å². The molecule has 196 valence electrons. The fourth-order valence-electron chi connectivity index (χ4n) is 5.03. The van der Waals surface area contributed by atoms with E-state index in [1.165, 1.54) is 14.9 Å². The van der Waals surface area contributed by atoms with Crippen molar-refractivity contribution in [1.29, 1.82) is 0 Å². The summed E-state index contributed by atoms with van der Waals surface area (Å²) in [6.45, 7) is 2.21. The lowest BCUT2D eigenvalue weighted by Gasteiger charge is -2.33. The summed E-state index contributed by atoms with van der Waals surface area (Å²) in [5.74, 6) is -0.0947. The Morgan fingerprint density at radius 2 is 1.71 bits per heavy atom. The maximum atomic E-state index is 13.3. The molecular weight excluding hydrogens is 502 g/mol. The van der Waals surface area contributed by atoms with Crippen molar-refractivity contribution in [1.82, 2.24) is 14.8 Å². The molecule has 1 aliphatic rings. The second-order valence-electron chi connectivity index (χ2n) is 9.64. The van der Waals surface area contributed by atoms with Crippen molar-refractivity contribution in [2.75, 3.05) is 25.0 Å². The van der Waals surface area contributed by atoms with E-state index in [9.17, 15) is 14.7 Å². The molecule has 1 amide bonds. The van der Waals surface area contributed by atoms with Crippen LogP contribution in [0.5, 0.6) is 0 Å². The normalized spacial score (nSPS) is 15.3. The smallest absolute Gasteiger partial charge is 0.388 e. The lowest BCUT2D eigenvalue weighted by Crippen LogP contribution is -2.51. The summed E-state index contributed by atoms with van der Waals surface area (Å²) in [6.07, 6.45) is 1.17. The van der Waals surface area contributed by atoms with E-state index in [4.69, 9.17) is 11.6 Å². The monoisotopic (exact) mass is 532 g/mol. The van der Waals surface area contributed by atoms with E-state index in [1.54, 1.807) is 24.3 Å². The van der Waals surface area contributed by atoms with Gasteiger partial charge >= 0.3 is 17.2 Å². The number of amides is 1. The highest BCUT2D eigenvalue weighted by atomic mass is 35.5. The molecule has 1 saturated heterocycles. The lowest BCUT2D eigenvalue weighted by molar-refractivity contribution is -0.761. The molecule has 9 heteroatoms. The zero-order chi connectivity index (χ0) is 26.5. The van der Waals surface area contributed by atoms with Crippen LogP contribution in [-0.2, 0) is 6.54 Å². The highest BCUT2D eigenvalue weighted by Crippen LogP contribution is 2.29. The van der Waals surface area contributed by atoms with E-state index in [-0.39, 0.29) is 12.2 Å². The Bertz CT molecular complexity index is 1430. The number of aliphatic hydroxyl groups excluding tert-OH is 1. The number of hydrogen-bond donors (Lipinski definition) is 3. The van der Waals surface area contributed by atoms with Crippen LogP contribution in [0.4, 0.5) is 5.69 Å². The highest BCUT2D eigenvalue weighted by molar-refractivity contribution is 6.30. The number of benzene rings is 3. The number of halogens is 1. The van der Waals surface area contributed by atoms with Crippen LogP contribution in [0.3, 0.4) is 0 Å². The first kappa shape index (κ1) is 25.9. The maximum Gasteiger partial charge on any atom is 0.411 e. The molecule has 1 atom stereocenters. The van der Waals surface area contributed by atoms with Gasteiger partial charge in [0, 0.05) is 17.3 Å². The Kier molecular flexibility index (Phi) is 8.03. The number of H-pyrrole nitrogens is 1. The van der Waals surface area contributed by atoms with E-state index >= 15 is 0 Å². The van der Waals surface area contributed by atoms with Crippen LogP contribution in [0.2, 0.25) is 5.02 Å². The molecule has 38 heavy (non-hydrogen) atoms. The molecule has 8 nitrogen and oxygen atoms in total. The van der Waals surface area contributed by atoms with Gasteiger partial charge in [-0.2, -0.15) is 0 Å². The van der Waals surface area contributed by atoms with E-state index in [1.807, 2.05) is 54.6 Å². The molecule has 2 heterocycles. The van der Waals surface area contributed by atoms with Gasteiger partial charge in [0.25, 0.3) is 0 Å². The van der Waals surface area contributed by atoms with Crippen molar-refractivity contribution in [2.45, 2.75) is 31.4 Å². The first-order valence-corrected chi connectivity index (χ1v) is 13.2. The Morgan fingerprint density at radius 3 is 2.39 bits per heavy atom. The summed E-state index contributed by atoms with van der Waals surface area (Å²) < 4.78 is 2.76. The fourth-order valence-corrected chi connectivity index (χ4v) is 5.23. The number of aromatic nitrogens is 3. The number of aliphatic hydroxyl groups is 1. The van der Waals surface area contributed by atoms with E-state index in [0.717, 1.165) is 31.0 Å². The van der Waals surface area contributed by atoms with Gasteiger partial charge in [0.1, 0.15) is 12.6 Å². The number of β-amino-alcohol motifs (C(OH)–C–C–N with tert-alkyl or cyclic N) is 1. The minimum atomic E-state index is -0.784. The van der Waals surface area contributed by atoms with Crippen molar-refractivity contribution < 1.29 is 14.6 Å². The van der Waals surface area contributed by atoms with Crippen LogP contribution in [0, 0.1) is 0 Å². The standard InChI is InChI=1S/C29H30ClN5O3/c30-23-9-7-8-22(18-23)21-14-16-33(17-15-21)19-26(36)20-34-27(28(37)31-24-10-3-1-4-11-24)29(38)35(32-34)25-12-5-2-6-13-25/h1-13,18,21,26,36H,14-17,19-20H2,(H-,31,32,37,38)/p+1/t26-/m1/s1. The average Bonchev–Trinajstić information content (AvgIpc) is 3.25. The number of aromatic amines is 1. The van der Waals surface area contributed by atoms with Gasteiger partial charge in [-0.25, -0.2) is 4.79 Å². The molecule has 0 spiro atoms. The Hall–Kier alpha value is -3.72. The molecule has 3 aromatic carbocycles. The molecule has 1 aliphatic heterocycles. The number of likely N-dealkylation sites (tertiary alicyclic amines) is 1. The Labute approximate surface area is 226 Å². The number of anilines is 1. The molecule has 0 saturated carbocycles. The molecule has 4 aromatic rings. The fraction of sp³-hybridized carbons (Fsp3) is 0.276. The SMILES string of the molecule is O=C(Nc1ccccc1)c1c(=O)n(-c2ccccc2)[nH][n+]1C[C@H](O)CN1CCC(c2cccc(Cl)c2)CC1. The van der Waals surface area contributed by atoms with Gasteiger partial charge in [-0.05, 0) is 73.8 Å². The zero-order valence-corrected chi connectivity index (χ0v) is 21.7. The minimum Gasteiger partial charge on any atom is -0.388 e. The summed E-state index contributed by atoms with van der Waals surface area (Å²) in [7, 11) is 0. The second-order valence-corrected chi connectivity index (χ2v) is 10.1. The topological polar surface area (TPSA) is 94.2 Å². The molecule has 1 aromatic heterocycles. The van der Waals surface area contributed by atoms with Crippen molar-refractivity contribution in [3.8, 4) is 5.69 Å². The number of carbonyl (C=O) groups excluding carboxylic acids is 1. The van der Waals surface area contributed by atoms with E-state index in [2.05, 4.69) is 21.5 Å². The second kappa shape index (κ2) is 11.8. The molecule has 0 bridgehead atoms. The molecule has 5 rings (SSSR count). The number of nitrogens with zero attached hydrogens (tertiary/aromatic N) is 3. The number of carbonyl (C=O) groups is 1. The van der Waals surface area contributed by atoms with Crippen LogP contribution in [0.1, 0.15) is 34.8 Å². The van der Waals surface area contributed by atoms with Gasteiger partial charge in [-0.1, -0.05) is 70.0 Å². The molecule has 3 N–H and O–H groups in total. The van der Waals surface area contributed by atoms with Crippen LogP contribution in [-0.4, -0.2) is 51.5 Å². The van der Waals surface area contributed by atoms with Gasteiger partial charge in [-0.3, -0.25) is 4.79 Å². The highest BCUT2D eigenvalue weighted by Gasteiger charge is 2.31. The van der Waals surface area contributed by atoms with Crippen LogP contribution >= 0.6 is 11.6 Å². The third kappa shape index (κ3) is 6.05. The maximum absolute atomic E-state index is 13.3. The van der Waals surface area contributed by atoms with Gasteiger partial charge in [-0.15, -0.1) is 4.68 Å². The molecule has 0 radical (unpaired) electrons. The van der Waals surface area contributed by atoms with E-state index < -0.39 is 17.6 Å². The first-order valence-electron chi connectivity index (χ1n) is 12.8. The third-order valence-electron chi connectivity index (χ3n) is 6.93. The van der Waals surface area contributed by atoms with Gasteiger partial charge in [0.15, 0.2) is 5.69 Å². The summed E-state index contributed by atoms with van der Waals surface area (Å²) >= 11 is 6.17. The van der Waals surface area contributed by atoms with Gasteiger partial charge < -0.3 is 15.3 Å². The largest absolute Gasteiger partial charge is 0.411 e. The molecular formula is C29H31ClN5O3+. The summed E-state index contributed by atoms with van der Waals surface area (Å²) in [6, 6.07) is 26.0. The predicted octanol–water partition coefficient (Wildman–Crippen LogP) is 3.60. The number of rotatable bonds is 8. The number of hydrogen-bond acceptors (Lipinski definition) is 4. The summed E-state index contributed by atoms with van der Waals surface area (Å²) in [4.78, 5) is 28.8. The Balaban J connectivity index is 1.30. The van der Waals surface area contributed by atoms with Gasteiger partial charge in [0.2, 0.25) is 0 Å². The van der Waals surface area contributed by atoms with Crippen molar-refractivity contribution in [2.24, 2.45) is 0 Å². The number of para-hydroxylation sites is 2. The average molecular weight is 533 g/mol. The molecule has 1 fully saturated rings. The first-order chi connectivity index (χ1) is 18.5. The Morgan fingerprint density at radius 1 is 1.03 bits per heavy atom. The van der Waals surface area contributed by atoms with Crippen molar-refractivity contribution >= 4 is 23.2 Å². The summed E-state index contributed by atoms with van der Waals surface area (Å²) in [5.41, 5.74) is 1.87. The quantitative estimate of drug-likeness (QED) is 0.302. The summed E-state index contributed by atoms with van der Waals surface area (Å²) in [5, 5.41) is 17.5. The van der Waals surface area contributed by atoms with Crippen molar-refractivity contribution in [3.63, 3.8) is 0 Å². The zero-order valence-electron chi connectivity index (χ0n) is 21.0. The van der Waals surface area contributed by atoms with Gasteiger partial charge in [0.05, 0.1) is 0 Å². The number of nitrogens with one attached hydrogen (secondary N) is 2. The molecule has 0 aliphatic carbocycles. The third-order valence-corrected chi connectivity index (χ3v) is 7.16. The number of piperidine rings is 1. The molecule has 0 unspecified atom stereocenters. The van der Waals surface area contributed by atoms with Crippen LogP contribution in [0.15, 0.2) is 89.7 Å². The van der Waals surface area contributed by atoms with Crippen molar-refractivity contribution in [3.05, 3.63) is 112 Å².